The third kappa shape index (κ3) is 4.59. The van der Waals surface area contributed by atoms with E-state index in [0.29, 0.717) is 36.7 Å². The van der Waals surface area contributed by atoms with E-state index >= 15 is 0 Å². The minimum Gasteiger partial charge on any atom is -0.349 e. The quantitative estimate of drug-likeness (QED) is 0.505. The molecule has 3 fully saturated rings. The highest BCUT2D eigenvalue weighted by Gasteiger charge is 2.42. The first kappa shape index (κ1) is 25.0. The molecular formula is C30H36FN5O2. The van der Waals surface area contributed by atoms with E-state index in [9.17, 15) is 14.0 Å². The van der Waals surface area contributed by atoms with Crippen molar-refractivity contribution in [3.05, 3.63) is 65.7 Å². The largest absolute Gasteiger partial charge is 0.349 e. The Bertz CT molecular complexity index is 1320. The summed E-state index contributed by atoms with van der Waals surface area (Å²) in [5.74, 6) is 0.559. The summed E-state index contributed by atoms with van der Waals surface area (Å²) in [5.41, 5.74) is 2.49. The molecule has 200 valence electrons. The van der Waals surface area contributed by atoms with Crippen molar-refractivity contribution in [3.63, 3.8) is 0 Å². The fourth-order valence-electron chi connectivity index (χ4n) is 6.96. The molecule has 1 N–H and O–H groups in total. The maximum atomic E-state index is 14.4. The van der Waals surface area contributed by atoms with E-state index < -0.39 is 0 Å². The minimum absolute atomic E-state index is 0.0246. The Kier molecular flexibility index (Phi) is 6.68. The van der Waals surface area contributed by atoms with Crippen LogP contribution in [0.1, 0.15) is 62.5 Å². The molecule has 3 aliphatic heterocycles. The summed E-state index contributed by atoms with van der Waals surface area (Å²) in [7, 11) is 0. The van der Waals surface area contributed by atoms with Gasteiger partial charge < -0.3 is 14.8 Å². The fraction of sp³-hybridized carbons (Fsp3) is 0.500. The van der Waals surface area contributed by atoms with Gasteiger partial charge in [-0.3, -0.25) is 14.5 Å². The van der Waals surface area contributed by atoms with Gasteiger partial charge in [0.25, 0.3) is 0 Å². The predicted molar refractivity (Wildman–Crippen MR) is 144 cm³/mol. The Morgan fingerprint density at radius 2 is 1.74 bits per heavy atom. The number of piperidine rings is 1. The van der Waals surface area contributed by atoms with Crippen molar-refractivity contribution in [2.75, 3.05) is 19.6 Å². The minimum atomic E-state index is -0.255. The van der Waals surface area contributed by atoms with Crippen molar-refractivity contribution in [2.45, 2.75) is 70.1 Å². The standard InChI is InChI=1S/C30H36FN5O2/c1-19-32-29-26(31)9-6-10-28(29)36(19)25-15-23-11-12-24(16-25)35(23)14-13-27(21-7-4-3-5-8-21)33-30(38)22-17-34(18-22)20(2)37/h3-10,22-25,27H,11-18H2,1-2H3,(H,33,38)/t23-,24+,25-,27-/m0/s1. The molecule has 0 aliphatic carbocycles. The van der Waals surface area contributed by atoms with Crippen LogP contribution in [-0.4, -0.2) is 62.9 Å². The highest BCUT2D eigenvalue weighted by molar-refractivity contribution is 5.84. The van der Waals surface area contributed by atoms with E-state index in [0.717, 1.165) is 42.7 Å². The third-order valence-corrected chi connectivity index (χ3v) is 8.96. The lowest BCUT2D eigenvalue weighted by atomic mass is 9.94. The van der Waals surface area contributed by atoms with Gasteiger partial charge in [0.2, 0.25) is 11.8 Å². The number of carbonyl (C=O) groups excluding carboxylic acids is 2. The number of rotatable bonds is 7. The number of nitrogens with zero attached hydrogens (tertiary/aromatic N) is 4. The summed E-state index contributed by atoms with van der Waals surface area (Å²) in [5, 5.41) is 3.30. The number of aromatic nitrogens is 2. The summed E-state index contributed by atoms with van der Waals surface area (Å²) in [6, 6.07) is 16.7. The van der Waals surface area contributed by atoms with Gasteiger partial charge in [-0.2, -0.15) is 0 Å². The fourth-order valence-corrected chi connectivity index (χ4v) is 6.96. The summed E-state index contributed by atoms with van der Waals surface area (Å²) in [6.45, 7) is 5.47. The van der Waals surface area contributed by atoms with Crippen molar-refractivity contribution >= 4 is 22.8 Å². The Hall–Kier alpha value is -3.26. The van der Waals surface area contributed by atoms with Gasteiger partial charge in [-0.05, 0) is 56.7 Å². The van der Waals surface area contributed by atoms with E-state index in [1.54, 1.807) is 17.9 Å². The van der Waals surface area contributed by atoms with Crippen molar-refractivity contribution in [3.8, 4) is 0 Å². The van der Waals surface area contributed by atoms with Crippen LogP contribution in [0, 0.1) is 18.7 Å². The van der Waals surface area contributed by atoms with Crippen LogP contribution in [0.25, 0.3) is 11.0 Å². The number of likely N-dealkylation sites (tertiary alicyclic amines) is 1. The maximum Gasteiger partial charge on any atom is 0.227 e. The van der Waals surface area contributed by atoms with Crippen molar-refractivity contribution in [1.82, 2.24) is 24.7 Å². The van der Waals surface area contributed by atoms with Crippen LogP contribution in [0.3, 0.4) is 0 Å². The topological polar surface area (TPSA) is 70.5 Å². The number of amides is 2. The number of nitrogens with one attached hydrogen (secondary N) is 1. The molecule has 6 rings (SSSR count). The van der Waals surface area contributed by atoms with E-state index in [2.05, 4.69) is 31.9 Å². The van der Waals surface area contributed by atoms with Crippen LogP contribution >= 0.6 is 0 Å². The molecule has 0 saturated carbocycles. The molecule has 4 heterocycles. The van der Waals surface area contributed by atoms with Gasteiger partial charge in [0.1, 0.15) is 11.3 Å². The summed E-state index contributed by atoms with van der Waals surface area (Å²) < 4.78 is 16.6. The molecule has 4 atom stereocenters. The first-order valence-corrected chi connectivity index (χ1v) is 13.9. The molecule has 3 aliphatic rings. The zero-order valence-electron chi connectivity index (χ0n) is 22.1. The molecular weight excluding hydrogens is 481 g/mol. The second-order valence-electron chi connectivity index (χ2n) is 11.3. The van der Waals surface area contributed by atoms with Crippen LogP contribution in [0.2, 0.25) is 0 Å². The second-order valence-corrected chi connectivity index (χ2v) is 11.3. The normalized spacial score (nSPS) is 24.4. The Balaban J connectivity index is 1.13. The smallest absolute Gasteiger partial charge is 0.227 e. The monoisotopic (exact) mass is 517 g/mol. The first-order valence-electron chi connectivity index (χ1n) is 13.9. The number of aryl methyl sites for hydroxylation is 1. The van der Waals surface area contributed by atoms with Gasteiger partial charge in [0.15, 0.2) is 5.82 Å². The lowest BCUT2D eigenvalue weighted by molar-refractivity contribution is -0.141. The van der Waals surface area contributed by atoms with E-state index in [4.69, 9.17) is 0 Å². The molecule has 2 bridgehead atoms. The lowest BCUT2D eigenvalue weighted by Gasteiger charge is -2.41. The SMILES string of the molecule is CC(=O)N1CC(C(=O)N[C@@H](CCN2[C@@H]3CC[C@H]2C[C@H](n2c(C)nc4c(F)cccc42)C3)c2ccccc2)C1. The number of benzene rings is 2. The Morgan fingerprint density at radius 3 is 2.42 bits per heavy atom. The van der Waals surface area contributed by atoms with E-state index in [1.807, 2.05) is 31.2 Å². The van der Waals surface area contributed by atoms with Crippen LogP contribution < -0.4 is 5.32 Å². The molecule has 3 aromatic rings. The van der Waals surface area contributed by atoms with Crippen molar-refractivity contribution in [1.29, 1.82) is 0 Å². The summed E-state index contributed by atoms with van der Waals surface area (Å²) in [4.78, 5) is 33.5. The van der Waals surface area contributed by atoms with Crippen LogP contribution in [-0.2, 0) is 9.59 Å². The molecule has 0 radical (unpaired) electrons. The number of para-hydroxylation sites is 1. The van der Waals surface area contributed by atoms with E-state index in [1.165, 1.54) is 18.9 Å². The second kappa shape index (κ2) is 10.1. The summed E-state index contributed by atoms with van der Waals surface area (Å²) >= 11 is 0. The number of hydrogen-bond donors (Lipinski definition) is 1. The highest BCUT2D eigenvalue weighted by Crippen LogP contribution is 2.43. The molecule has 1 aromatic heterocycles. The van der Waals surface area contributed by atoms with Gasteiger partial charge >= 0.3 is 0 Å². The number of fused-ring (bicyclic) bond motifs is 3. The van der Waals surface area contributed by atoms with Gasteiger partial charge in [0, 0.05) is 44.7 Å². The molecule has 2 aromatic carbocycles. The molecule has 7 nitrogen and oxygen atoms in total. The average Bonchev–Trinajstić information content (AvgIpc) is 3.33. The number of imidazole rings is 1. The Labute approximate surface area is 223 Å². The van der Waals surface area contributed by atoms with Crippen LogP contribution in [0.15, 0.2) is 48.5 Å². The molecule has 0 unspecified atom stereocenters. The number of halogens is 1. The number of hydrogen-bond acceptors (Lipinski definition) is 4. The molecule has 2 amide bonds. The summed E-state index contributed by atoms with van der Waals surface area (Å²) in [6.07, 6.45) is 5.25. The first-order chi connectivity index (χ1) is 18.4. The van der Waals surface area contributed by atoms with Crippen LogP contribution in [0.4, 0.5) is 4.39 Å². The number of carbonyl (C=O) groups is 2. The highest BCUT2D eigenvalue weighted by atomic mass is 19.1. The lowest BCUT2D eigenvalue weighted by Crippen LogP contribution is -2.55. The zero-order valence-corrected chi connectivity index (χ0v) is 22.1. The van der Waals surface area contributed by atoms with Gasteiger partial charge in [-0.15, -0.1) is 0 Å². The van der Waals surface area contributed by atoms with Crippen molar-refractivity contribution < 1.29 is 14.0 Å². The van der Waals surface area contributed by atoms with Gasteiger partial charge in [-0.25, -0.2) is 9.37 Å². The molecule has 8 heteroatoms. The van der Waals surface area contributed by atoms with Gasteiger partial charge in [-0.1, -0.05) is 36.4 Å². The van der Waals surface area contributed by atoms with E-state index in [-0.39, 0.29) is 29.6 Å². The third-order valence-electron chi connectivity index (χ3n) is 8.96. The predicted octanol–water partition coefficient (Wildman–Crippen LogP) is 4.38. The van der Waals surface area contributed by atoms with Crippen LogP contribution in [0.5, 0.6) is 0 Å². The zero-order chi connectivity index (χ0) is 26.4. The molecule has 0 spiro atoms. The maximum absolute atomic E-state index is 14.4. The van der Waals surface area contributed by atoms with Gasteiger partial charge in [0.05, 0.1) is 17.5 Å². The molecule has 38 heavy (non-hydrogen) atoms. The van der Waals surface area contributed by atoms with Crippen molar-refractivity contribution in [2.24, 2.45) is 5.92 Å². The average molecular weight is 518 g/mol. The Morgan fingerprint density at radius 1 is 1.03 bits per heavy atom. The molecule has 3 saturated heterocycles.